The molecule has 0 saturated carbocycles. The summed E-state index contributed by atoms with van der Waals surface area (Å²) in [4.78, 5) is 28.2. The highest BCUT2D eigenvalue weighted by Gasteiger charge is 2.37. The van der Waals surface area contributed by atoms with E-state index in [1.807, 2.05) is 51.1 Å². The molecule has 2 aliphatic rings. The third-order valence-electron chi connectivity index (χ3n) is 5.09. The second kappa shape index (κ2) is 8.82. The lowest BCUT2D eigenvalue weighted by atomic mass is 10.00. The first-order valence-electron chi connectivity index (χ1n) is 9.99. The molecular weight excluding hydrogens is 358 g/mol. The molecule has 3 rings (SSSR count). The fraction of sp³-hybridized carbons (Fsp3) is 0.619. The van der Waals surface area contributed by atoms with Crippen LogP contribution in [0.3, 0.4) is 0 Å². The molecule has 2 aliphatic heterocycles. The van der Waals surface area contributed by atoms with Gasteiger partial charge in [-0.15, -0.1) is 0 Å². The number of hydrogen-bond acceptors (Lipinski definition) is 5. The predicted molar refractivity (Wildman–Crippen MR) is 106 cm³/mol. The van der Waals surface area contributed by atoms with E-state index in [2.05, 4.69) is 10.2 Å². The summed E-state index contributed by atoms with van der Waals surface area (Å²) < 4.78 is 10.7. The zero-order valence-corrected chi connectivity index (χ0v) is 17.0. The molecular formula is C21H31N3O4. The van der Waals surface area contributed by atoms with Crippen LogP contribution in [0.25, 0.3) is 0 Å². The summed E-state index contributed by atoms with van der Waals surface area (Å²) in [7, 11) is 0. The zero-order chi connectivity index (χ0) is 20.1. The lowest BCUT2D eigenvalue weighted by Crippen LogP contribution is -2.63. The number of ether oxygens (including phenoxy) is 2. The number of alkyl carbamates (subject to hydrolysis) is 1. The van der Waals surface area contributed by atoms with Crippen molar-refractivity contribution in [3.05, 3.63) is 35.9 Å². The Labute approximate surface area is 167 Å². The number of piperidine rings is 1. The van der Waals surface area contributed by atoms with E-state index in [0.29, 0.717) is 25.7 Å². The molecule has 1 N–H and O–H groups in total. The maximum atomic E-state index is 12.1. The number of amides is 2. The molecule has 0 unspecified atom stereocenters. The van der Waals surface area contributed by atoms with Crippen LogP contribution >= 0.6 is 0 Å². The van der Waals surface area contributed by atoms with Crippen LogP contribution < -0.4 is 5.32 Å². The van der Waals surface area contributed by atoms with Crippen molar-refractivity contribution >= 4 is 12.2 Å². The summed E-state index contributed by atoms with van der Waals surface area (Å²) in [6.45, 7) is 9.14. The number of rotatable bonds is 4. The molecule has 7 nitrogen and oxygen atoms in total. The smallest absolute Gasteiger partial charge is 0.410 e. The second-order valence-corrected chi connectivity index (χ2v) is 8.56. The highest BCUT2D eigenvalue weighted by atomic mass is 16.6. The fourth-order valence-corrected chi connectivity index (χ4v) is 3.53. The van der Waals surface area contributed by atoms with E-state index in [-0.39, 0.29) is 18.2 Å². The second-order valence-electron chi connectivity index (χ2n) is 8.56. The summed E-state index contributed by atoms with van der Waals surface area (Å²) in [6, 6.07) is 10.2. The number of carbonyl (C=O) groups is 2. The highest BCUT2D eigenvalue weighted by Crippen LogP contribution is 2.21. The average molecular weight is 389 g/mol. The Morgan fingerprint density at radius 3 is 2.36 bits per heavy atom. The van der Waals surface area contributed by atoms with Gasteiger partial charge in [0.25, 0.3) is 0 Å². The first kappa shape index (κ1) is 20.5. The van der Waals surface area contributed by atoms with E-state index in [9.17, 15) is 9.59 Å². The number of nitrogens with zero attached hydrogens (tertiary/aromatic N) is 2. The van der Waals surface area contributed by atoms with Crippen molar-refractivity contribution in [2.45, 2.75) is 57.9 Å². The van der Waals surface area contributed by atoms with E-state index in [0.717, 1.165) is 31.5 Å². The zero-order valence-electron chi connectivity index (χ0n) is 17.0. The van der Waals surface area contributed by atoms with E-state index < -0.39 is 5.60 Å². The van der Waals surface area contributed by atoms with Crippen molar-refractivity contribution in [3.8, 4) is 0 Å². The van der Waals surface area contributed by atoms with Gasteiger partial charge in [0, 0.05) is 38.3 Å². The maximum absolute atomic E-state index is 12.1. The van der Waals surface area contributed by atoms with Gasteiger partial charge in [-0.2, -0.15) is 0 Å². The van der Waals surface area contributed by atoms with Crippen molar-refractivity contribution in [1.29, 1.82) is 0 Å². The van der Waals surface area contributed by atoms with Crippen LogP contribution in [-0.4, -0.2) is 65.9 Å². The minimum absolute atomic E-state index is 0.151. The van der Waals surface area contributed by atoms with Crippen molar-refractivity contribution in [3.63, 3.8) is 0 Å². The molecule has 0 radical (unpaired) electrons. The number of likely N-dealkylation sites (tertiary alicyclic amines) is 2. The predicted octanol–water partition coefficient (Wildman–Crippen LogP) is 3.00. The summed E-state index contributed by atoms with van der Waals surface area (Å²) in [5.74, 6) is 0. The maximum Gasteiger partial charge on any atom is 0.410 e. The third-order valence-corrected chi connectivity index (χ3v) is 5.09. The van der Waals surface area contributed by atoms with Crippen molar-refractivity contribution in [2.75, 3.05) is 26.2 Å². The normalized spacial score (nSPS) is 19.0. The minimum atomic E-state index is -0.477. The first-order valence-corrected chi connectivity index (χ1v) is 9.99. The molecule has 1 aromatic rings. The highest BCUT2D eigenvalue weighted by molar-refractivity contribution is 5.69. The Balaban J connectivity index is 1.32. The Morgan fingerprint density at radius 1 is 1.11 bits per heavy atom. The Morgan fingerprint density at radius 2 is 1.75 bits per heavy atom. The van der Waals surface area contributed by atoms with Gasteiger partial charge in [0.15, 0.2) is 0 Å². The summed E-state index contributed by atoms with van der Waals surface area (Å²) in [5, 5.41) is 2.96. The number of benzene rings is 1. The van der Waals surface area contributed by atoms with Crippen LogP contribution in [0.2, 0.25) is 0 Å². The monoisotopic (exact) mass is 389 g/mol. The van der Waals surface area contributed by atoms with Crippen LogP contribution in [0.15, 0.2) is 30.3 Å². The molecule has 0 aromatic heterocycles. The molecule has 2 heterocycles. The molecule has 28 heavy (non-hydrogen) atoms. The minimum Gasteiger partial charge on any atom is -0.445 e. The summed E-state index contributed by atoms with van der Waals surface area (Å²) in [5.41, 5.74) is 0.516. The molecule has 7 heteroatoms. The molecule has 154 valence electrons. The molecule has 0 spiro atoms. The van der Waals surface area contributed by atoms with Gasteiger partial charge in [0.05, 0.1) is 0 Å². The Bertz CT molecular complexity index is 660. The topological polar surface area (TPSA) is 71.1 Å². The van der Waals surface area contributed by atoms with E-state index in [1.165, 1.54) is 0 Å². The van der Waals surface area contributed by atoms with Crippen LogP contribution in [-0.2, 0) is 16.1 Å². The van der Waals surface area contributed by atoms with Gasteiger partial charge in [-0.3, -0.25) is 4.90 Å². The number of nitrogens with one attached hydrogen (secondary N) is 1. The lowest BCUT2D eigenvalue weighted by molar-refractivity contribution is 0.00696. The van der Waals surface area contributed by atoms with Gasteiger partial charge in [-0.05, 0) is 39.2 Å². The largest absolute Gasteiger partial charge is 0.445 e. The van der Waals surface area contributed by atoms with Gasteiger partial charge in [-0.1, -0.05) is 30.3 Å². The average Bonchev–Trinajstić information content (AvgIpc) is 2.59. The molecule has 0 atom stereocenters. The molecule has 2 fully saturated rings. The Hall–Kier alpha value is -2.28. The first-order chi connectivity index (χ1) is 13.3. The standard InChI is InChI=1S/C21H31N3O4/c1-21(2,3)28-19(25)22-17-9-11-23(12-10-17)18-13-24(14-18)20(26)27-15-16-7-5-4-6-8-16/h4-8,17-18H,9-15H2,1-3H3,(H,22,25). The van der Waals surface area contributed by atoms with Crippen molar-refractivity contribution < 1.29 is 19.1 Å². The van der Waals surface area contributed by atoms with Crippen LogP contribution in [0.4, 0.5) is 9.59 Å². The molecule has 0 aliphatic carbocycles. The van der Waals surface area contributed by atoms with E-state index >= 15 is 0 Å². The number of hydrogen-bond donors (Lipinski definition) is 1. The Kier molecular flexibility index (Phi) is 6.44. The molecule has 1 aromatic carbocycles. The lowest BCUT2D eigenvalue weighted by Gasteiger charge is -2.47. The van der Waals surface area contributed by atoms with E-state index in [4.69, 9.17) is 9.47 Å². The van der Waals surface area contributed by atoms with Crippen LogP contribution in [0.1, 0.15) is 39.2 Å². The molecule has 2 amide bonds. The van der Waals surface area contributed by atoms with E-state index in [1.54, 1.807) is 4.90 Å². The van der Waals surface area contributed by atoms with Gasteiger partial charge >= 0.3 is 12.2 Å². The van der Waals surface area contributed by atoms with Crippen molar-refractivity contribution in [2.24, 2.45) is 0 Å². The number of carbonyl (C=O) groups excluding carboxylic acids is 2. The fourth-order valence-electron chi connectivity index (χ4n) is 3.53. The van der Waals surface area contributed by atoms with Gasteiger partial charge in [-0.25, -0.2) is 9.59 Å². The third kappa shape index (κ3) is 5.86. The SMILES string of the molecule is CC(C)(C)OC(=O)NC1CCN(C2CN(C(=O)OCc3ccccc3)C2)CC1. The molecule has 0 bridgehead atoms. The summed E-state index contributed by atoms with van der Waals surface area (Å²) >= 11 is 0. The van der Waals surface area contributed by atoms with Crippen molar-refractivity contribution in [1.82, 2.24) is 15.1 Å². The quantitative estimate of drug-likeness (QED) is 0.857. The van der Waals surface area contributed by atoms with Gasteiger partial charge < -0.3 is 19.7 Å². The van der Waals surface area contributed by atoms with Gasteiger partial charge in [0.1, 0.15) is 12.2 Å². The van der Waals surface area contributed by atoms with Crippen LogP contribution in [0.5, 0.6) is 0 Å². The van der Waals surface area contributed by atoms with Gasteiger partial charge in [0.2, 0.25) is 0 Å². The molecule has 2 saturated heterocycles. The van der Waals surface area contributed by atoms with Crippen LogP contribution in [0, 0.1) is 0 Å². The summed E-state index contributed by atoms with van der Waals surface area (Å²) in [6.07, 6.45) is 1.20.